The van der Waals surface area contributed by atoms with Crippen LogP contribution in [0.1, 0.15) is 44.3 Å². The monoisotopic (exact) mass is 326 g/mol. The van der Waals surface area contributed by atoms with Gasteiger partial charge in [-0.15, -0.1) is 0 Å². The summed E-state index contributed by atoms with van der Waals surface area (Å²) in [6.45, 7) is 5.70. The summed E-state index contributed by atoms with van der Waals surface area (Å²) in [6, 6.07) is 10.5. The Kier molecular flexibility index (Phi) is 5.36. The minimum Gasteiger partial charge on any atom is -0.496 e. The van der Waals surface area contributed by atoms with Gasteiger partial charge in [-0.05, 0) is 44.5 Å². The third-order valence-electron chi connectivity index (χ3n) is 3.84. The van der Waals surface area contributed by atoms with Gasteiger partial charge in [0.1, 0.15) is 5.75 Å². The van der Waals surface area contributed by atoms with Gasteiger partial charge >= 0.3 is 0 Å². The van der Waals surface area contributed by atoms with E-state index in [0.29, 0.717) is 28.3 Å². The summed E-state index contributed by atoms with van der Waals surface area (Å²) < 4.78 is 5.29. The number of benzene rings is 2. The van der Waals surface area contributed by atoms with Crippen molar-refractivity contribution in [3.8, 4) is 5.75 Å². The van der Waals surface area contributed by atoms with Gasteiger partial charge in [0.05, 0.1) is 7.11 Å². The van der Waals surface area contributed by atoms with Gasteiger partial charge in [-0.3, -0.25) is 9.59 Å². The van der Waals surface area contributed by atoms with Crippen molar-refractivity contribution < 1.29 is 14.3 Å². The molecule has 5 nitrogen and oxygen atoms in total. The number of nitrogens with two attached hydrogens (primary N) is 1. The van der Waals surface area contributed by atoms with Gasteiger partial charge in [0, 0.05) is 16.7 Å². The maximum absolute atomic E-state index is 12.7. The van der Waals surface area contributed by atoms with Crippen LogP contribution in [0.2, 0.25) is 0 Å². The van der Waals surface area contributed by atoms with Gasteiger partial charge in [0.2, 0.25) is 0 Å². The van der Waals surface area contributed by atoms with E-state index in [9.17, 15) is 9.59 Å². The van der Waals surface area contributed by atoms with E-state index in [1.807, 2.05) is 26.8 Å². The van der Waals surface area contributed by atoms with Crippen LogP contribution in [0, 0.1) is 13.8 Å². The Balaban J connectivity index is 2.37. The van der Waals surface area contributed by atoms with Crippen LogP contribution in [0.25, 0.3) is 0 Å². The number of hydrazine groups is 1. The van der Waals surface area contributed by atoms with Crippen molar-refractivity contribution in [3.63, 3.8) is 0 Å². The zero-order valence-electron chi connectivity index (χ0n) is 14.4. The SMILES string of the molecule is CCc1c(OC)cccc1C(=O)N(N)C(=O)c1cc(C)cc(C)c1. The van der Waals surface area contributed by atoms with Crippen LogP contribution >= 0.6 is 0 Å². The van der Waals surface area contributed by atoms with Gasteiger partial charge in [-0.25, -0.2) is 10.9 Å². The van der Waals surface area contributed by atoms with Crippen molar-refractivity contribution in [2.45, 2.75) is 27.2 Å². The molecule has 0 atom stereocenters. The summed E-state index contributed by atoms with van der Waals surface area (Å²) in [6.07, 6.45) is 0.594. The van der Waals surface area contributed by atoms with Crippen LogP contribution in [-0.2, 0) is 6.42 Å². The van der Waals surface area contributed by atoms with Crippen LogP contribution in [-0.4, -0.2) is 23.9 Å². The lowest BCUT2D eigenvalue weighted by molar-refractivity contribution is 0.0614. The highest BCUT2D eigenvalue weighted by Gasteiger charge is 2.24. The van der Waals surface area contributed by atoms with E-state index in [0.717, 1.165) is 16.7 Å². The maximum Gasteiger partial charge on any atom is 0.275 e. The topological polar surface area (TPSA) is 72.6 Å². The van der Waals surface area contributed by atoms with Gasteiger partial charge in [-0.2, -0.15) is 0 Å². The van der Waals surface area contributed by atoms with Gasteiger partial charge in [0.15, 0.2) is 0 Å². The molecule has 2 N–H and O–H groups in total. The van der Waals surface area contributed by atoms with Crippen molar-refractivity contribution in [3.05, 3.63) is 64.2 Å². The number of amides is 2. The van der Waals surface area contributed by atoms with Gasteiger partial charge in [-0.1, -0.05) is 30.2 Å². The standard InChI is InChI=1S/C19H22N2O3/c1-5-15-16(7-6-8-17(15)24-4)19(23)21(20)18(22)14-10-12(2)9-13(3)11-14/h6-11H,5,20H2,1-4H3. The Labute approximate surface area is 142 Å². The summed E-state index contributed by atoms with van der Waals surface area (Å²) >= 11 is 0. The molecule has 0 saturated carbocycles. The Morgan fingerprint density at radius 2 is 1.71 bits per heavy atom. The van der Waals surface area contributed by atoms with Gasteiger partial charge < -0.3 is 4.74 Å². The smallest absolute Gasteiger partial charge is 0.275 e. The molecule has 0 unspecified atom stereocenters. The fraction of sp³-hybridized carbons (Fsp3) is 0.263. The molecule has 0 aliphatic rings. The number of rotatable bonds is 4. The number of hydrogen-bond acceptors (Lipinski definition) is 4. The van der Waals surface area contributed by atoms with E-state index < -0.39 is 11.8 Å². The number of aryl methyl sites for hydroxylation is 2. The lowest BCUT2D eigenvalue weighted by Crippen LogP contribution is -2.43. The quantitative estimate of drug-likeness (QED) is 0.406. The average Bonchev–Trinajstić information content (AvgIpc) is 2.57. The molecule has 0 fully saturated rings. The summed E-state index contributed by atoms with van der Waals surface area (Å²) in [5.41, 5.74) is 3.37. The highest BCUT2D eigenvalue weighted by molar-refractivity contribution is 6.10. The van der Waals surface area contributed by atoms with Crippen molar-refractivity contribution >= 4 is 11.8 Å². The molecule has 2 rings (SSSR count). The third kappa shape index (κ3) is 3.46. The average molecular weight is 326 g/mol. The highest BCUT2D eigenvalue weighted by Crippen LogP contribution is 2.24. The molecule has 0 heterocycles. The predicted octanol–water partition coefficient (Wildman–Crippen LogP) is 3.03. The summed E-state index contributed by atoms with van der Waals surface area (Å²) in [7, 11) is 1.55. The molecule has 0 spiro atoms. The number of imide groups is 1. The van der Waals surface area contributed by atoms with Crippen LogP contribution < -0.4 is 10.6 Å². The number of methoxy groups -OCH3 is 1. The van der Waals surface area contributed by atoms with Crippen molar-refractivity contribution in [2.75, 3.05) is 7.11 Å². The molecule has 0 bridgehead atoms. The number of nitrogens with zero attached hydrogens (tertiary/aromatic N) is 1. The molecule has 126 valence electrons. The first-order chi connectivity index (χ1) is 11.4. The lowest BCUT2D eigenvalue weighted by atomic mass is 10.0. The van der Waals surface area contributed by atoms with E-state index in [1.54, 1.807) is 37.4 Å². The molecule has 0 aliphatic heterocycles. The molecule has 2 amide bonds. The minimum absolute atomic E-state index is 0.372. The first-order valence-electron chi connectivity index (χ1n) is 7.76. The summed E-state index contributed by atoms with van der Waals surface area (Å²) in [5, 5.41) is 0.669. The van der Waals surface area contributed by atoms with Crippen LogP contribution in [0.5, 0.6) is 5.75 Å². The number of ether oxygens (including phenoxy) is 1. The Morgan fingerprint density at radius 1 is 1.08 bits per heavy atom. The second kappa shape index (κ2) is 7.27. The normalized spacial score (nSPS) is 10.4. The van der Waals surface area contributed by atoms with Crippen molar-refractivity contribution in [2.24, 2.45) is 5.84 Å². The molecule has 0 aliphatic carbocycles. The van der Waals surface area contributed by atoms with Crippen LogP contribution in [0.15, 0.2) is 36.4 Å². The van der Waals surface area contributed by atoms with E-state index in [-0.39, 0.29) is 0 Å². The first-order valence-corrected chi connectivity index (χ1v) is 7.76. The number of hydrogen-bond donors (Lipinski definition) is 1. The Morgan fingerprint density at radius 3 is 2.25 bits per heavy atom. The van der Waals surface area contributed by atoms with Crippen molar-refractivity contribution in [1.82, 2.24) is 5.01 Å². The highest BCUT2D eigenvalue weighted by atomic mass is 16.5. The second-order valence-electron chi connectivity index (χ2n) is 5.70. The van der Waals surface area contributed by atoms with E-state index >= 15 is 0 Å². The van der Waals surface area contributed by atoms with E-state index in [4.69, 9.17) is 10.6 Å². The molecule has 0 aromatic heterocycles. The van der Waals surface area contributed by atoms with E-state index in [2.05, 4.69) is 0 Å². The largest absolute Gasteiger partial charge is 0.496 e. The maximum atomic E-state index is 12.7. The summed E-state index contributed by atoms with van der Waals surface area (Å²) in [4.78, 5) is 25.3. The Hall–Kier alpha value is -2.66. The van der Waals surface area contributed by atoms with Crippen LogP contribution in [0.3, 0.4) is 0 Å². The minimum atomic E-state index is -0.546. The first kappa shape index (κ1) is 17.7. The predicted molar refractivity (Wildman–Crippen MR) is 93.0 cm³/mol. The molecule has 0 radical (unpaired) electrons. The molecule has 0 saturated heterocycles. The Bertz CT molecular complexity index is 764. The van der Waals surface area contributed by atoms with Crippen LogP contribution in [0.4, 0.5) is 0 Å². The van der Waals surface area contributed by atoms with Crippen molar-refractivity contribution in [1.29, 1.82) is 0 Å². The molecule has 5 heteroatoms. The fourth-order valence-electron chi connectivity index (χ4n) is 2.78. The molecular formula is C19H22N2O3. The number of carbonyl (C=O) groups is 2. The third-order valence-corrected chi connectivity index (χ3v) is 3.84. The zero-order valence-corrected chi connectivity index (χ0v) is 14.4. The lowest BCUT2D eigenvalue weighted by Gasteiger charge is -2.18. The molecule has 2 aromatic carbocycles. The molecule has 24 heavy (non-hydrogen) atoms. The second-order valence-corrected chi connectivity index (χ2v) is 5.70. The molecule has 2 aromatic rings. The zero-order chi connectivity index (χ0) is 17.9. The fourth-order valence-corrected chi connectivity index (χ4v) is 2.78. The summed E-state index contributed by atoms with van der Waals surface area (Å²) in [5.74, 6) is 5.36. The van der Waals surface area contributed by atoms with Gasteiger partial charge in [0.25, 0.3) is 11.8 Å². The van der Waals surface area contributed by atoms with E-state index in [1.165, 1.54) is 0 Å². The molecular weight excluding hydrogens is 304 g/mol. The number of carbonyl (C=O) groups excluding carboxylic acids is 2.